The number of sulfone groups is 1. The molecule has 0 unspecified atom stereocenters. The number of nitrogens with two attached hydrogens (primary N) is 1. The molecule has 1 aliphatic rings. The molecule has 1 aliphatic heterocycles. The Morgan fingerprint density at radius 2 is 2.53 bits per heavy atom. The van der Waals surface area contributed by atoms with Crippen LogP contribution < -0.4 is 10.5 Å². The van der Waals surface area contributed by atoms with Crippen molar-refractivity contribution < 1.29 is 30.5 Å². The molecule has 0 saturated carbocycles. The Morgan fingerprint density at radius 3 is 3.11 bits per heavy atom. The summed E-state index contributed by atoms with van der Waals surface area (Å²) in [5.74, 6) is 0. The summed E-state index contributed by atoms with van der Waals surface area (Å²) in [6, 6.07) is -4.54. The van der Waals surface area contributed by atoms with Crippen LogP contribution in [0.15, 0.2) is 14.5 Å². The van der Waals surface area contributed by atoms with Crippen molar-refractivity contribution in [1.29, 1.82) is 0 Å². The molecule has 108 valence electrons. The molecule has 0 aromatic carbocycles. The highest BCUT2D eigenvalue weighted by atomic mass is 32.3. The van der Waals surface area contributed by atoms with E-state index in [1.165, 1.54) is 0 Å². The molecule has 2 atom stereocenters. The van der Waals surface area contributed by atoms with Crippen molar-refractivity contribution in [3.8, 4) is 0 Å². The molecular formula is C10H16N2O4S3. The van der Waals surface area contributed by atoms with E-state index >= 15 is 0 Å². The monoisotopic (exact) mass is 334 g/mol. The summed E-state index contributed by atoms with van der Waals surface area (Å²) < 4.78 is 125. The zero-order chi connectivity index (χ0) is 23.2. The van der Waals surface area contributed by atoms with Crippen LogP contribution in [0.5, 0.6) is 0 Å². The SMILES string of the molecule is [2H]c1c(S(N)(=O)=O)sc2c1[C@@]([2H])(NC([2H])([2H])C([2H])([2H])[2H])C([2H])([2H])[C@]([2H])(C)S2(=O)=O. The van der Waals surface area contributed by atoms with Gasteiger partial charge in [-0.05, 0) is 25.8 Å². The Hall–Kier alpha value is -0.480. The first-order valence-electron chi connectivity index (χ1n) is 9.67. The van der Waals surface area contributed by atoms with Crippen LogP contribution in [0.4, 0.5) is 0 Å². The van der Waals surface area contributed by atoms with Crippen LogP contribution >= 0.6 is 11.3 Å². The van der Waals surface area contributed by atoms with Crippen molar-refractivity contribution in [3.05, 3.63) is 11.6 Å². The van der Waals surface area contributed by atoms with Gasteiger partial charge in [0, 0.05) is 22.5 Å². The first-order valence-corrected chi connectivity index (χ1v) is 8.52. The number of primary sulfonamides is 1. The van der Waals surface area contributed by atoms with Gasteiger partial charge in [0.25, 0.3) is 0 Å². The average Bonchev–Trinajstić information content (AvgIpc) is 2.82. The van der Waals surface area contributed by atoms with Crippen LogP contribution in [-0.4, -0.2) is 28.6 Å². The molecular weight excluding hydrogens is 308 g/mol. The summed E-state index contributed by atoms with van der Waals surface area (Å²) in [6.07, 6.45) is -3.54. The highest BCUT2D eigenvalue weighted by molar-refractivity contribution is 7.95. The molecule has 9 heteroatoms. The second-order valence-electron chi connectivity index (χ2n) is 3.53. The zero-order valence-corrected chi connectivity index (χ0v) is 11.9. The van der Waals surface area contributed by atoms with Crippen molar-refractivity contribution in [2.24, 2.45) is 5.14 Å². The Labute approximate surface area is 131 Å². The summed E-state index contributed by atoms with van der Waals surface area (Å²) in [5.41, 5.74) is -1.13. The Kier molecular flexibility index (Phi) is 1.65. The van der Waals surface area contributed by atoms with E-state index < -0.39 is 70.9 Å². The van der Waals surface area contributed by atoms with Crippen molar-refractivity contribution >= 4 is 31.2 Å². The minimum atomic E-state index is -5.00. The first kappa shape index (κ1) is 6.52. The van der Waals surface area contributed by atoms with Crippen molar-refractivity contribution in [1.82, 2.24) is 5.32 Å². The van der Waals surface area contributed by atoms with Crippen molar-refractivity contribution in [2.45, 2.75) is 39.8 Å². The lowest BCUT2D eigenvalue weighted by molar-refractivity contribution is 0.477. The molecule has 0 fully saturated rings. The van der Waals surface area contributed by atoms with E-state index in [1.54, 1.807) is 5.32 Å². The highest BCUT2D eigenvalue weighted by Gasteiger charge is 2.39. The van der Waals surface area contributed by atoms with Crippen LogP contribution in [0.1, 0.15) is 45.4 Å². The molecule has 0 saturated heterocycles. The van der Waals surface area contributed by atoms with Gasteiger partial charge in [-0.25, -0.2) is 22.0 Å². The van der Waals surface area contributed by atoms with Crippen LogP contribution in [0.2, 0.25) is 0 Å². The van der Waals surface area contributed by atoms with Crippen LogP contribution in [0.3, 0.4) is 0 Å². The topological polar surface area (TPSA) is 106 Å². The number of hydrogen-bond donors (Lipinski definition) is 2. The second-order valence-corrected chi connectivity index (χ2v) is 8.59. The molecule has 1 aromatic rings. The molecule has 6 nitrogen and oxygen atoms in total. The molecule has 2 rings (SSSR count). The molecule has 0 radical (unpaired) electrons. The molecule has 0 aliphatic carbocycles. The fourth-order valence-electron chi connectivity index (χ4n) is 1.40. The number of hydrogen-bond acceptors (Lipinski definition) is 6. The average molecular weight is 335 g/mol. The van der Waals surface area contributed by atoms with Gasteiger partial charge in [0.15, 0.2) is 9.84 Å². The smallest absolute Gasteiger partial charge is 0.247 e. The zero-order valence-electron chi connectivity index (χ0n) is 19.4. The van der Waals surface area contributed by atoms with Gasteiger partial charge in [-0.15, -0.1) is 11.3 Å². The predicted octanol–water partition coefficient (Wildman–Crippen LogP) is 0.612. The van der Waals surface area contributed by atoms with Gasteiger partial charge < -0.3 is 5.32 Å². The third-order valence-corrected chi connectivity index (χ3v) is 7.01. The van der Waals surface area contributed by atoms with E-state index in [0.29, 0.717) is 6.92 Å². The molecule has 0 bridgehead atoms. The fraction of sp³-hybridized carbons (Fsp3) is 0.600. The summed E-state index contributed by atoms with van der Waals surface area (Å²) in [6.45, 7) is -6.37. The van der Waals surface area contributed by atoms with Gasteiger partial charge in [0.1, 0.15) is 8.42 Å². The van der Waals surface area contributed by atoms with Crippen molar-refractivity contribution in [3.63, 3.8) is 0 Å². The maximum Gasteiger partial charge on any atom is 0.247 e. The van der Waals surface area contributed by atoms with E-state index in [4.69, 9.17) is 18.8 Å². The van der Waals surface area contributed by atoms with Gasteiger partial charge in [0.2, 0.25) is 10.0 Å². The molecule has 3 N–H and O–H groups in total. The van der Waals surface area contributed by atoms with E-state index in [9.17, 15) is 16.8 Å². The highest BCUT2D eigenvalue weighted by Crippen LogP contribution is 2.42. The van der Waals surface area contributed by atoms with E-state index in [2.05, 4.69) is 0 Å². The fourth-order valence-corrected chi connectivity index (χ4v) is 5.09. The lowest BCUT2D eigenvalue weighted by atomic mass is 10.1. The number of fused-ring (bicyclic) bond motifs is 1. The largest absolute Gasteiger partial charge is 0.310 e. The minimum Gasteiger partial charge on any atom is -0.310 e. The van der Waals surface area contributed by atoms with Gasteiger partial charge in [0.05, 0.1) is 7.97 Å². The van der Waals surface area contributed by atoms with Gasteiger partial charge in [-0.1, -0.05) is 6.85 Å². The normalized spacial score (nSPS) is 45.6. The van der Waals surface area contributed by atoms with Gasteiger partial charge in [-0.2, -0.15) is 0 Å². The predicted molar refractivity (Wildman–Crippen MR) is 73.4 cm³/mol. The lowest BCUT2D eigenvalue weighted by Gasteiger charge is -2.27. The van der Waals surface area contributed by atoms with Gasteiger partial charge in [-0.3, -0.25) is 0 Å². The molecule has 19 heavy (non-hydrogen) atoms. The summed E-state index contributed by atoms with van der Waals surface area (Å²) in [5, 5.41) is 3.37. The maximum absolute atomic E-state index is 12.8. The Morgan fingerprint density at radius 1 is 1.84 bits per heavy atom. The third kappa shape index (κ3) is 2.57. The van der Waals surface area contributed by atoms with Gasteiger partial charge >= 0.3 is 0 Å². The maximum atomic E-state index is 12.8. The molecule has 1 aromatic heterocycles. The quantitative estimate of drug-likeness (QED) is 0.842. The second kappa shape index (κ2) is 4.81. The molecule has 2 heterocycles. The van der Waals surface area contributed by atoms with Crippen LogP contribution in [0.25, 0.3) is 0 Å². The first-order chi connectivity index (χ1) is 12.5. The Bertz CT molecular complexity index is 1080. The van der Waals surface area contributed by atoms with E-state index in [1.807, 2.05) is 0 Å². The van der Waals surface area contributed by atoms with E-state index in [0.717, 1.165) is 0 Å². The standard InChI is InChI=1S/C10H16N2O4S3/c1-3-12-8-4-6(2)18(13,14)10-7(8)5-9(17-10)19(11,15)16/h5-6,8,12H,3-4H2,1-2H3,(H2,11,15,16)/t6-,8-/m0/s1/i1D3,3D2,4D2,5D,6D,8D. The summed E-state index contributed by atoms with van der Waals surface area (Å²) in [7, 11) is -9.71. The molecule has 0 spiro atoms. The lowest BCUT2D eigenvalue weighted by Crippen LogP contribution is -2.33. The summed E-state index contributed by atoms with van der Waals surface area (Å²) >= 11 is -0.0835. The Balaban J connectivity index is 3.05. The third-order valence-electron chi connectivity index (χ3n) is 2.26. The van der Waals surface area contributed by atoms with Crippen molar-refractivity contribution in [2.75, 3.05) is 6.50 Å². The summed E-state index contributed by atoms with van der Waals surface area (Å²) in [4.78, 5) is 0. The molecule has 0 amide bonds. The minimum absolute atomic E-state index is 0.0835. The van der Waals surface area contributed by atoms with Crippen LogP contribution in [-0.2, 0) is 19.9 Å². The number of nitrogens with one attached hydrogen (secondary N) is 1. The van der Waals surface area contributed by atoms with E-state index in [-0.39, 0.29) is 11.3 Å². The number of rotatable bonds is 3. The van der Waals surface area contributed by atoms with Crippen LogP contribution in [0, 0.1) is 0 Å². The number of sulfonamides is 1. The number of thiophene rings is 1.